The lowest BCUT2D eigenvalue weighted by Crippen LogP contribution is -2.48. The summed E-state index contributed by atoms with van der Waals surface area (Å²) >= 11 is 0. The van der Waals surface area contributed by atoms with Crippen LogP contribution in [0.1, 0.15) is 18.2 Å². The van der Waals surface area contributed by atoms with E-state index in [1.165, 1.54) is 24.3 Å². The van der Waals surface area contributed by atoms with Crippen LogP contribution in [-0.4, -0.2) is 53.5 Å². The molecule has 1 saturated heterocycles. The quantitative estimate of drug-likeness (QED) is 0.596. The van der Waals surface area contributed by atoms with Gasteiger partial charge in [0, 0.05) is 51.5 Å². The maximum Gasteiger partial charge on any atom is 0.231 e. The molecule has 0 aliphatic carbocycles. The highest BCUT2D eigenvalue weighted by Gasteiger charge is 2.17. The van der Waals surface area contributed by atoms with Crippen molar-refractivity contribution < 1.29 is 13.9 Å². The van der Waals surface area contributed by atoms with Gasteiger partial charge in [0.1, 0.15) is 11.6 Å². The molecule has 3 aromatic rings. The van der Waals surface area contributed by atoms with Crippen LogP contribution in [0.5, 0.6) is 11.6 Å². The fourth-order valence-corrected chi connectivity index (χ4v) is 3.73. The molecule has 7 nitrogen and oxygen atoms in total. The first-order valence-corrected chi connectivity index (χ1v) is 11.0. The van der Waals surface area contributed by atoms with E-state index in [0.717, 1.165) is 43.1 Å². The lowest BCUT2D eigenvalue weighted by Gasteiger charge is -2.31. The molecule has 0 spiro atoms. The second kappa shape index (κ2) is 10.5. The molecule has 3 heterocycles. The Morgan fingerprint density at radius 1 is 1.15 bits per heavy atom. The van der Waals surface area contributed by atoms with Crippen LogP contribution < -0.4 is 15.0 Å². The van der Waals surface area contributed by atoms with Gasteiger partial charge in [-0.3, -0.25) is 14.7 Å². The Morgan fingerprint density at radius 2 is 1.97 bits per heavy atom. The smallest absolute Gasteiger partial charge is 0.231 e. The van der Waals surface area contributed by atoms with E-state index in [0.29, 0.717) is 17.7 Å². The summed E-state index contributed by atoms with van der Waals surface area (Å²) in [4.78, 5) is 25.5. The van der Waals surface area contributed by atoms with Crippen molar-refractivity contribution in [2.75, 3.05) is 31.6 Å². The number of piperazine rings is 1. The number of rotatable bonds is 7. The first-order valence-electron chi connectivity index (χ1n) is 11.0. The van der Waals surface area contributed by atoms with Crippen LogP contribution in [0.25, 0.3) is 0 Å². The molecule has 1 aliphatic heterocycles. The van der Waals surface area contributed by atoms with Crippen LogP contribution in [0, 0.1) is 5.82 Å². The van der Waals surface area contributed by atoms with E-state index >= 15 is 0 Å². The lowest BCUT2D eigenvalue weighted by molar-refractivity contribution is -0.117. The predicted octanol–water partition coefficient (Wildman–Crippen LogP) is 3.41. The van der Waals surface area contributed by atoms with Gasteiger partial charge in [0.25, 0.3) is 0 Å². The zero-order chi connectivity index (χ0) is 23.2. The largest absolute Gasteiger partial charge is 0.439 e. The number of pyridine rings is 2. The van der Waals surface area contributed by atoms with E-state index in [9.17, 15) is 9.18 Å². The zero-order valence-corrected chi connectivity index (χ0v) is 18.9. The number of carbonyl (C=O) groups is 1. The van der Waals surface area contributed by atoms with Gasteiger partial charge in [-0.1, -0.05) is 6.07 Å². The Bertz CT molecular complexity index is 1060. The number of benzene rings is 1. The number of hydrogen-bond acceptors (Lipinski definition) is 6. The summed E-state index contributed by atoms with van der Waals surface area (Å²) in [5, 5.41) is 3.44. The number of ether oxygens (including phenoxy) is 1. The Balaban J connectivity index is 1.31. The normalized spacial score (nSPS) is 16.4. The molecule has 1 amide bonds. The standard InChI is InChI=1S/C25H28FN5O2/c1-18-16-31(12-11-27-18)17-21-6-7-22(15-28-21)30(2)25(32)13-19-3-10-24(29-14-19)33-23-8-4-20(26)5-9-23/h3-10,14-15,18,27H,11-13,16-17H2,1-2H3/t18-/m0/s1. The van der Waals surface area contributed by atoms with Crippen molar-refractivity contribution in [3.63, 3.8) is 0 Å². The van der Waals surface area contributed by atoms with Gasteiger partial charge in [-0.25, -0.2) is 9.37 Å². The number of anilines is 1. The first-order chi connectivity index (χ1) is 16.0. The van der Waals surface area contributed by atoms with Crippen molar-refractivity contribution in [1.82, 2.24) is 20.2 Å². The number of hydrogen-bond donors (Lipinski definition) is 1. The van der Waals surface area contributed by atoms with Crippen molar-refractivity contribution >= 4 is 11.6 Å². The number of carbonyl (C=O) groups excluding carboxylic acids is 1. The molecule has 4 rings (SSSR count). The average molecular weight is 450 g/mol. The molecule has 172 valence electrons. The molecule has 8 heteroatoms. The van der Waals surface area contributed by atoms with E-state index < -0.39 is 0 Å². The van der Waals surface area contributed by atoms with Gasteiger partial charge >= 0.3 is 0 Å². The molecule has 0 unspecified atom stereocenters. The molecule has 1 aliphatic rings. The van der Waals surface area contributed by atoms with Crippen molar-refractivity contribution in [1.29, 1.82) is 0 Å². The van der Waals surface area contributed by atoms with E-state index in [4.69, 9.17) is 4.74 Å². The number of nitrogens with one attached hydrogen (secondary N) is 1. The minimum atomic E-state index is -0.327. The molecule has 1 aromatic carbocycles. The van der Waals surface area contributed by atoms with Crippen molar-refractivity contribution in [2.45, 2.75) is 25.9 Å². The molecule has 0 saturated carbocycles. The van der Waals surface area contributed by atoms with Gasteiger partial charge in [-0.05, 0) is 48.9 Å². The zero-order valence-electron chi connectivity index (χ0n) is 18.9. The molecule has 0 bridgehead atoms. The summed E-state index contributed by atoms with van der Waals surface area (Å²) in [6, 6.07) is 13.6. The summed E-state index contributed by atoms with van der Waals surface area (Å²) in [6.07, 6.45) is 3.57. The maximum atomic E-state index is 13.0. The van der Waals surface area contributed by atoms with Gasteiger partial charge in [-0.2, -0.15) is 0 Å². The van der Waals surface area contributed by atoms with E-state index in [2.05, 4.69) is 27.1 Å². The van der Waals surface area contributed by atoms with E-state index in [1.54, 1.807) is 36.5 Å². The number of nitrogens with zero attached hydrogens (tertiary/aromatic N) is 4. The Labute approximate surface area is 193 Å². The summed E-state index contributed by atoms with van der Waals surface area (Å²) in [6.45, 7) is 6.00. The highest BCUT2D eigenvalue weighted by atomic mass is 19.1. The highest BCUT2D eigenvalue weighted by Crippen LogP contribution is 2.20. The molecule has 33 heavy (non-hydrogen) atoms. The number of likely N-dealkylation sites (N-methyl/N-ethyl adjacent to an activating group) is 1. The Hall–Kier alpha value is -3.36. The second-order valence-electron chi connectivity index (χ2n) is 8.29. The third-order valence-corrected chi connectivity index (χ3v) is 5.60. The van der Waals surface area contributed by atoms with Crippen LogP contribution in [0.3, 0.4) is 0 Å². The summed E-state index contributed by atoms with van der Waals surface area (Å²) in [5.74, 6) is 0.487. The van der Waals surface area contributed by atoms with Gasteiger partial charge in [0.2, 0.25) is 11.8 Å². The van der Waals surface area contributed by atoms with Gasteiger partial charge in [0.05, 0.1) is 24.0 Å². The first kappa shape index (κ1) is 22.8. The number of aromatic nitrogens is 2. The fraction of sp³-hybridized carbons (Fsp3) is 0.320. The van der Waals surface area contributed by atoms with Gasteiger partial charge in [-0.15, -0.1) is 0 Å². The van der Waals surface area contributed by atoms with Gasteiger partial charge in [0.15, 0.2) is 0 Å². The molecule has 0 radical (unpaired) electrons. The van der Waals surface area contributed by atoms with Crippen LogP contribution in [0.15, 0.2) is 60.9 Å². The third kappa shape index (κ3) is 6.34. The minimum Gasteiger partial charge on any atom is -0.439 e. The molecule has 1 N–H and O–H groups in total. The summed E-state index contributed by atoms with van der Waals surface area (Å²) < 4.78 is 18.6. The second-order valence-corrected chi connectivity index (χ2v) is 8.29. The Morgan fingerprint density at radius 3 is 2.64 bits per heavy atom. The molecule has 2 aromatic heterocycles. The summed E-state index contributed by atoms with van der Waals surface area (Å²) in [5.41, 5.74) is 2.52. The number of amides is 1. The van der Waals surface area contributed by atoms with Crippen LogP contribution in [0.2, 0.25) is 0 Å². The van der Waals surface area contributed by atoms with Crippen molar-refractivity contribution in [3.05, 3.63) is 78.0 Å². The van der Waals surface area contributed by atoms with Crippen LogP contribution >= 0.6 is 0 Å². The van der Waals surface area contributed by atoms with Crippen molar-refractivity contribution in [2.24, 2.45) is 0 Å². The average Bonchev–Trinajstić information content (AvgIpc) is 2.82. The SMILES string of the molecule is C[C@H]1CN(Cc2ccc(N(C)C(=O)Cc3ccc(Oc4ccc(F)cc4)nc3)cn2)CCN1. The highest BCUT2D eigenvalue weighted by molar-refractivity contribution is 5.94. The third-order valence-electron chi connectivity index (χ3n) is 5.60. The molecule has 1 fully saturated rings. The predicted molar refractivity (Wildman–Crippen MR) is 125 cm³/mol. The van der Waals surface area contributed by atoms with E-state index in [1.807, 2.05) is 12.1 Å². The van der Waals surface area contributed by atoms with Crippen molar-refractivity contribution in [3.8, 4) is 11.6 Å². The van der Waals surface area contributed by atoms with Gasteiger partial charge < -0.3 is 15.0 Å². The topological polar surface area (TPSA) is 70.6 Å². The lowest BCUT2D eigenvalue weighted by atomic mass is 10.2. The number of halogens is 1. The fourth-order valence-electron chi connectivity index (χ4n) is 3.73. The molecule has 1 atom stereocenters. The molecular formula is C25H28FN5O2. The van der Waals surface area contributed by atoms with E-state index in [-0.39, 0.29) is 18.1 Å². The van der Waals surface area contributed by atoms with Crippen LogP contribution in [0.4, 0.5) is 10.1 Å². The monoisotopic (exact) mass is 449 g/mol. The summed E-state index contributed by atoms with van der Waals surface area (Å²) in [7, 11) is 1.75. The Kier molecular flexibility index (Phi) is 7.26. The minimum absolute atomic E-state index is 0.0607. The maximum absolute atomic E-state index is 13.0. The molecular weight excluding hydrogens is 421 g/mol. The van der Waals surface area contributed by atoms with Crippen LogP contribution in [-0.2, 0) is 17.8 Å².